The monoisotopic (exact) mass is 430 g/mol. The van der Waals surface area contributed by atoms with Gasteiger partial charge in [-0.05, 0) is 23.8 Å². The molecular formula is C20H16F6N2O2. The lowest BCUT2D eigenvalue weighted by atomic mass is 9.87. The number of halogens is 6. The lowest BCUT2D eigenvalue weighted by molar-refractivity contribution is -0.138. The van der Waals surface area contributed by atoms with Crippen molar-refractivity contribution in [2.45, 2.75) is 18.5 Å². The Balaban J connectivity index is 1.95. The summed E-state index contributed by atoms with van der Waals surface area (Å²) >= 11 is 0. The maximum Gasteiger partial charge on any atom is 0.416 e. The quantitative estimate of drug-likeness (QED) is 0.569. The standard InChI is InChI=1S/C20H16F6N2O2/c21-14-6-1-2-7-15(14)27-18(29)17-13(9-28(19(17)30)10-16(22)23)11-4-3-5-12(8-11)20(24,25)26/h1-8,13,16-17H,9-10H2,(H,27,29). The van der Waals surface area contributed by atoms with Gasteiger partial charge in [-0.2, -0.15) is 13.2 Å². The molecule has 1 aliphatic rings. The van der Waals surface area contributed by atoms with Crippen LogP contribution < -0.4 is 5.32 Å². The minimum atomic E-state index is -4.66. The first-order valence-electron chi connectivity index (χ1n) is 8.87. The summed E-state index contributed by atoms with van der Waals surface area (Å²) in [6.07, 6.45) is -7.55. The highest BCUT2D eigenvalue weighted by Crippen LogP contribution is 2.38. The molecule has 0 aromatic heterocycles. The topological polar surface area (TPSA) is 49.4 Å². The van der Waals surface area contributed by atoms with Crippen molar-refractivity contribution >= 4 is 17.5 Å². The zero-order chi connectivity index (χ0) is 22.1. The van der Waals surface area contributed by atoms with E-state index in [9.17, 15) is 35.9 Å². The van der Waals surface area contributed by atoms with E-state index in [2.05, 4.69) is 5.32 Å². The second kappa shape index (κ2) is 8.37. The molecule has 0 aliphatic carbocycles. The van der Waals surface area contributed by atoms with Crippen LogP contribution in [0.4, 0.5) is 32.0 Å². The Morgan fingerprint density at radius 1 is 1.13 bits per heavy atom. The fourth-order valence-corrected chi connectivity index (χ4v) is 3.44. The number of benzene rings is 2. The van der Waals surface area contributed by atoms with E-state index in [1.54, 1.807) is 0 Å². The summed E-state index contributed by atoms with van der Waals surface area (Å²) in [5.41, 5.74) is -1.22. The number of nitrogens with one attached hydrogen (secondary N) is 1. The van der Waals surface area contributed by atoms with Gasteiger partial charge >= 0.3 is 6.18 Å². The van der Waals surface area contributed by atoms with Gasteiger partial charge in [0.15, 0.2) is 0 Å². The molecule has 160 valence electrons. The highest BCUT2D eigenvalue weighted by molar-refractivity contribution is 6.08. The number of amides is 2. The maximum atomic E-state index is 13.9. The number of likely N-dealkylation sites (tertiary alicyclic amines) is 1. The van der Waals surface area contributed by atoms with Gasteiger partial charge < -0.3 is 10.2 Å². The van der Waals surface area contributed by atoms with Gasteiger partial charge in [-0.1, -0.05) is 30.3 Å². The molecule has 1 N–H and O–H groups in total. The Kier molecular flexibility index (Phi) is 6.04. The highest BCUT2D eigenvalue weighted by Gasteiger charge is 2.46. The minimum absolute atomic E-state index is 0.00336. The van der Waals surface area contributed by atoms with Crippen LogP contribution in [0, 0.1) is 11.7 Å². The van der Waals surface area contributed by atoms with E-state index >= 15 is 0 Å². The fourth-order valence-electron chi connectivity index (χ4n) is 3.44. The highest BCUT2D eigenvalue weighted by atomic mass is 19.4. The van der Waals surface area contributed by atoms with Gasteiger partial charge in [0.05, 0.1) is 17.8 Å². The summed E-state index contributed by atoms with van der Waals surface area (Å²) in [4.78, 5) is 26.1. The summed E-state index contributed by atoms with van der Waals surface area (Å²) in [6, 6.07) is 9.14. The zero-order valence-corrected chi connectivity index (χ0v) is 15.3. The molecule has 1 fully saturated rings. The predicted octanol–water partition coefficient (Wildman–Crippen LogP) is 4.29. The largest absolute Gasteiger partial charge is 0.416 e. The minimum Gasteiger partial charge on any atom is -0.336 e. The molecule has 0 spiro atoms. The second-order valence-corrected chi connectivity index (χ2v) is 6.81. The first-order chi connectivity index (χ1) is 14.1. The molecule has 2 atom stereocenters. The molecule has 2 unspecified atom stereocenters. The maximum absolute atomic E-state index is 13.9. The van der Waals surface area contributed by atoms with Crippen molar-refractivity contribution in [3.63, 3.8) is 0 Å². The first kappa shape index (κ1) is 21.7. The number of carbonyl (C=O) groups is 2. The normalized spacial score (nSPS) is 19.4. The number of alkyl halides is 5. The molecule has 0 saturated carbocycles. The third kappa shape index (κ3) is 4.58. The van der Waals surface area contributed by atoms with E-state index in [0.717, 1.165) is 29.2 Å². The van der Waals surface area contributed by atoms with Crippen molar-refractivity contribution < 1.29 is 35.9 Å². The predicted molar refractivity (Wildman–Crippen MR) is 95.3 cm³/mol. The van der Waals surface area contributed by atoms with Crippen molar-refractivity contribution in [3.8, 4) is 0 Å². The Hall–Kier alpha value is -3.04. The Morgan fingerprint density at radius 2 is 1.83 bits per heavy atom. The third-order valence-electron chi connectivity index (χ3n) is 4.81. The number of rotatable bonds is 5. The lowest BCUT2D eigenvalue weighted by Gasteiger charge is -2.18. The van der Waals surface area contributed by atoms with Gasteiger partial charge in [0.25, 0.3) is 6.43 Å². The molecule has 1 heterocycles. The van der Waals surface area contributed by atoms with Crippen molar-refractivity contribution in [1.29, 1.82) is 0 Å². The molecule has 3 rings (SSSR count). The van der Waals surface area contributed by atoms with E-state index in [0.29, 0.717) is 0 Å². The van der Waals surface area contributed by atoms with E-state index in [1.165, 1.54) is 24.3 Å². The average Bonchev–Trinajstić information content (AvgIpc) is 2.99. The van der Waals surface area contributed by atoms with E-state index < -0.39 is 54.2 Å². The summed E-state index contributed by atoms with van der Waals surface area (Å²) in [5, 5.41) is 2.23. The molecule has 2 aromatic carbocycles. The summed E-state index contributed by atoms with van der Waals surface area (Å²) < 4.78 is 78.8. The van der Waals surface area contributed by atoms with E-state index in [-0.39, 0.29) is 17.8 Å². The van der Waals surface area contributed by atoms with Crippen LogP contribution in [0.15, 0.2) is 48.5 Å². The molecule has 2 aromatic rings. The van der Waals surface area contributed by atoms with Crippen molar-refractivity contribution in [1.82, 2.24) is 4.90 Å². The second-order valence-electron chi connectivity index (χ2n) is 6.81. The lowest BCUT2D eigenvalue weighted by Crippen LogP contribution is -2.36. The van der Waals surface area contributed by atoms with Gasteiger partial charge in [0, 0.05) is 12.5 Å². The number of hydrogen-bond acceptors (Lipinski definition) is 2. The molecule has 1 aliphatic heterocycles. The molecule has 1 saturated heterocycles. The Labute approximate surface area is 167 Å². The van der Waals surface area contributed by atoms with E-state index in [4.69, 9.17) is 0 Å². The number of para-hydroxylation sites is 1. The van der Waals surface area contributed by atoms with Crippen LogP contribution in [0.2, 0.25) is 0 Å². The first-order valence-corrected chi connectivity index (χ1v) is 8.87. The number of hydrogen-bond donors (Lipinski definition) is 1. The van der Waals surface area contributed by atoms with Crippen LogP contribution in [-0.4, -0.2) is 36.2 Å². The van der Waals surface area contributed by atoms with Crippen molar-refractivity contribution in [2.75, 3.05) is 18.4 Å². The van der Waals surface area contributed by atoms with Crippen LogP contribution in [0.1, 0.15) is 17.0 Å². The number of anilines is 1. The molecule has 0 radical (unpaired) electrons. The number of carbonyl (C=O) groups excluding carboxylic acids is 2. The smallest absolute Gasteiger partial charge is 0.336 e. The van der Waals surface area contributed by atoms with Gasteiger partial charge in [-0.3, -0.25) is 9.59 Å². The average molecular weight is 430 g/mol. The van der Waals surface area contributed by atoms with Gasteiger partial charge in [-0.15, -0.1) is 0 Å². The fraction of sp³-hybridized carbons (Fsp3) is 0.300. The van der Waals surface area contributed by atoms with E-state index in [1.807, 2.05) is 0 Å². The van der Waals surface area contributed by atoms with Crippen molar-refractivity contribution in [2.24, 2.45) is 5.92 Å². The SMILES string of the molecule is O=C(Nc1ccccc1F)C1C(=O)N(CC(F)F)CC1c1cccc(C(F)(F)F)c1. The van der Waals surface area contributed by atoms with Crippen LogP contribution >= 0.6 is 0 Å². The van der Waals surface area contributed by atoms with Gasteiger partial charge in [0.2, 0.25) is 11.8 Å². The zero-order valence-electron chi connectivity index (χ0n) is 15.3. The molecular weight excluding hydrogens is 414 g/mol. The van der Waals surface area contributed by atoms with Gasteiger partial charge in [0.1, 0.15) is 11.7 Å². The molecule has 10 heteroatoms. The molecule has 4 nitrogen and oxygen atoms in total. The van der Waals surface area contributed by atoms with Crippen molar-refractivity contribution in [3.05, 3.63) is 65.5 Å². The summed E-state index contributed by atoms with van der Waals surface area (Å²) in [5.74, 6) is -5.40. The van der Waals surface area contributed by atoms with Crippen LogP contribution in [0.3, 0.4) is 0 Å². The summed E-state index contributed by atoms with van der Waals surface area (Å²) in [7, 11) is 0. The molecule has 0 bridgehead atoms. The Bertz CT molecular complexity index is 947. The molecule has 30 heavy (non-hydrogen) atoms. The number of nitrogens with zero attached hydrogens (tertiary/aromatic N) is 1. The Morgan fingerprint density at radius 3 is 2.47 bits per heavy atom. The summed E-state index contributed by atoms with van der Waals surface area (Å²) in [6.45, 7) is -1.32. The van der Waals surface area contributed by atoms with Crippen LogP contribution in [0.5, 0.6) is 0 Å². The van der Waals surface area contributed by atoms with Crippen LogP contribution in [-0.2, 0) is 15.8 Å². The third-order valence-corrected chi connectivity index (χ3v) is 4.81. The van der Waals surface area contributed by atoms with Gasteiger partial charge in [-0.25, -0.2) is 13.2 Å². The van der Waals surface area contributed by atoms with Crippen LogP contribution in [0.25, 0.3) is 0 Å². The molecule has 2 amide bonds.